The molecule has 146 valence electrons. The summed E-state index contributed by atoms with van der Waals surface area (Å²) in [5.41, 5.74) is 0.788. The van der Waals surface area contributed by atoms with Crippen molar-refractivity contribution in [1.82, 2.24) is 19.6 Å². The second kappa shape index (κ2) is 8.13. The number of piperazine rings is 1. The van der Waals surface area contributed by atoms with Crippen LogP contribution in [0.25, 0.3) is 0 Å². The lowest BCUT2D eigenvalue weighted by Crippen LogP contribution is -2.60. The summed E-state index contributed by atoms with van der Waals surface area (Å²) in [6.45, 7) is 10.8. The molecular weight excluding hydrogens is 340 g/mol. The minimum atomic E-state index is -0.491. The molecule has 1 aliphatic rings. The fourth-order valence-electron chi connectivity index (χ4n) is 3.49. The van der Waals surface area contributed by atoms with Gasteiger partial charge in [-0.2, -0.15) is 5.10 Å². The molecule has 2 atom stereocenters. The number of nitrogens with zero attached hydrogens (tertiary/aromatic N) is 4. The van der Waals surface area contributed by atoms with E-state index in [4.69, 9.17) is 4.74 Å². The molecule has 0 aliphatic carbocycles. The first kappa shape index (κ1) is 19.4. The van der Waals surface area contributed by atoms with Crippen molar-refractivity contribution in [2.75, 3.05) is 13.1 Å². The minimum Gasteiger partial charge on any atom is -0.444 e. The molecule has 0 bridgehead atoms. The first-order valence-corrected chi connectivity index (χ1v) is 9.57. The quantitative estimate of drug-likeness (QED) is 0.828. The van der Waals surface area contributed by atoms with Crippen LogP contribution < -0.4 is 0 Å². The van der Waals surface area contributed by atoms with Gasteiger partial charge in [-0.3, -0.25) is 9.58 Å². The van der Waals surface area contributed by atoms with E-state index >= 15 is 0 Å². The molecule has 2 aromatic rings. The van der Waals surface area contributed by atoms with Crippen molar-refractivity contribution in [2.24, 2.45) is 0 Å². The molecule has 6 nitrogen and oxygen atoms in total. The zero-order valence-corrected chi connectivity index (χ0v) is 16.7. The summed E-state index contributed by atoms with van der Waals surface area (Å²) in [5, 5.41) is 4.36. The van der Waals surface area contributed by atoms with Crippen LogP contribution in [0.3, 0.4) is 0 Å². The van der Waals surface area contributed by atoms with Gasteiger partial charge in [-0.05, 0) is 39.3 Å². The largest absolute Gasteiger partial charge is 0.444 e. The molecule has 1 aromatic carbocycles. The average Bonchev–Trinajstić information content (AvgIpc) is 3.09. The van der Waals surface area contributed by atoms with Crippen molar-refractivity contribution >= 4 is 6.09 Å². The number of hydrogen-bond donors (Lipinski definition) is 0. The Morgan fingerprint density at radius 3 is 2.56 bits per heavy atom. The van der Waals surface area contributed by atoms with Crippen LogP contribution in [0.1, 0.15) is 33.3 Å². The second-order valence-electron chi connectivity index (χ2n) is 8.28. The van der Waals surface area contributed by atoms with Gasteiger partial charge in [0.25, 0.3) is 0 Å². The monoisotopic (exact) mass is 370 g/mol. The van der Waals surface area contributed by atoms with Gasteiger partial charge in [0, 0.05) is 44.1 Å². The fourth-order valence-corrected chi connectivity index (χ4v) is 3.49. The van der Waals surface area contributed by atoms with E-state index in [1.165, 1.54) is 5.56 Å². The SMILES string of the molecule is CC1CN(Cc2ccccc2)C(Cn2cccn2)CN1C(=O)OC(C)(C)C. The maximum Gasteiger partial charge on any atom is 0.410 e. The lowest BCUT2D eigenvalue weighted by molar-refractivity contribution is -0.0177. The maximum atomic E-state index is 12.7. The maximum absolute atomic E-state index is 12.7. The Morgan fingerprint density at radius 2 is 1.93 bits per heavy atom. The number of carbonyl (C=O) groups is 1. The summed E-state index contributed by atoms with van der Waals surface area (Å²) >= 11 is 0. The summed E-state index contributed by atoms with van der Waals surface area (Å²) in [6.07, 6.45) is 3.52. The van der Waals surface area contributed by atoms with E-state index in [2.05, 4.69) is 41.2 Å². The van der Waals surface area contributed by atoms with Gasteiger partial charge in [0.1, 0.15) is 5.60 Å². The molecular formula is C21H30N4O2. The zero-order valence-electron chi connectivity index (χ0n) is 16.7. The summed E-state index contributed by atoms with van der Waals surface area (Å²) in [5.74, 6) is 0. The van der Waals surface area contributed by atoms with Gasteiger partial charge in [-0.1, -0.05) is 30.3 Å². The van der Waals surface area contributed by atoms with Crippen molar-refractivity contribution in [3.8, 4) is 0 Å². The third-order valence-electron chi connectivity index (χ3n) is 4.77. The normalized spacial score (nSPS) is 21.3. The van der Waals surface area contributed by atoms with E-state index in [9.17, 15) is 4.79 Å². The molecule has 0 spiro atoms. The predicted octanol–water partition coefficient (Wildman–Crippen LogP) is 3.39. The molecule has 1 saturated heterocycles. The average molecular weight is 370 g/mol. The molecule has 0 radical (unpaired) electrons. The molecule has 1 aromatic heterocycles. The number of ether oxygens (including phenoxy) is 1. The van der Waals surface area contributed by atoms with Gasteiger partial charge in [0.05, 0.1) is 6.54 Å². The Labute approximate surface area is 161 Å². The Bertz CT molecular complexity index is 724. The second-order valence-corrected chi connectivity index (χ2v) is 8.28. The standard InChI is InChI=1S/C21H30N4O2/c1-17-13-23(14-18-9-6-5-7-10-18)19(15-24-12-8-11-22-24)16-25(17)20(26)27-21(2,3)4/h5-12,17,19H,13-16H2,1-4H3. The Kier molecular flexibility index (Phi) is 5.85. The highest BCUT2D eigenvalue weighted by atomic mass is 16.6. The van der Waals surface area contributed by atoms with E-state index in [0.717, 1.165) is 19.6 Å². The summed E-state index contributed by atoms with van der Waals surface area (Å²) in [7, 11) is 0. The number of rotatable bonds is 4. The lowest BCUT2D eigenvalue weighted by atomic mass is 10.1. The summed E-state index contributed by atoms with van der Waals surface area (Å²) < 4.78 is 7.57. The van der Waals surface area contributed by atoms with E-state index in [1.807, 2.05) is 48.7 Å². The van der Waals surface area contributed by atoms with Crippen LogP contribution in [-0.2, 0) is 17.8 Å². The Balaban J connectivity index is 1.76. The molecule has 1 amide bonds. The highest BCUT2D eigenvalue weighted by molar-refractivity contribution is 5.68. The summed E-state index contributed by atoms with van der Waals surface area (Å²) in [6, 6.07) is 12.7. The number of hydrogen-bond acceptors (Lipinski definition) is 4. The highest BCUT2D eigenvalue weighted by Crippen LogP contribution is 2.22. The van der Waals surface area contributed by atoms with Crippen molar-refractivity contribution < 1.29 is 9.53 Å². The molecule has 1 fully saturated rings. The van der Waals surface area contributed by atoms with Crippen LogP contribution in [0, 0.1) is 0 Å². The third-order valence-corrected chi connectivity index (χ3v) is 4.77. The highest BCUT2D eigenvalue weighted by Gasteiger charge is 2.36. The van der Waals surface area contributed by atoms with Gasteiger partial charge < -0.3 is 9.64 Å². The van der Waals surface area contributed by atoms with Crippen LogP contribution in [-0.4, -0.2) is 56.4 Å². The zero-order chi connectivity index (χ0) is 19.4. The molecule has 0 N–H and O–H groups in total. The van der Waals surface area contributed by atoms with E-state index in [-0.39, 0.29) is 18.2 Å². The summed E-state index contributed by atoms with van der Waals surface area (Å²) in [4.78, 5) is 17.0. The Morgan fingerprint density at radius 1 is 1.19 bits per heavy atom. The van der Waals surface area contributed by atoms with Gasteiger partial charge in [0.2, 0.25) is 0 Å². The van der Waals surface area contributed by atoms with Crippen LogP contribution >= 0.6 is 0 Å². The molecule has 0 saturated carbocycles. The van der Waals surface area contributed by atoms with Gasteiger partial charge in [0.15, 0.2) is 0 Å². The number of amides is 1. The van der Waals surface area contributed by atoms with Crippen molar-refractivity contribution in [1.29, 1.82) is 0 Å². The van der Waals surface area contributed by atoms with Crippen LogP contribution in [0.4, 0.5) is 4.79 Å². The van der Waals surface area contributed by atoms with Crippen LogP contribution in [0.15, 0.2) is 48.8 Å². The number of benzene rings is 1. The van der Waals surface area contributed by atoms with E-state index in [1.54, 1.807) is 6.20 Å². The first-order chi connectivity index (χ1) is 12.8. The van der Waals surface area contributed by atoms with Crippen molar-refractivity contribution in [3.05, 3.63) is 54.4 Å². The minimum absolute atomic E-state index is 0.0948. The fraction of sp³-hybridized carbons (Fsp3) is 0.524. The smallest absolute Gasteiger partial charge is 0.410 e. The number of carbonyl (C=O) groups excluding carboxylic acids is 1. The molecule has 6 heteroatoms. The van der Waals surface area contributed by atoms with Crippen molar-refractivity contribution in [2.45, 2.75) is 58.5 Å². The van der Waals surface area contributed by atoms with Crippen LogP contribution in [0.5, 0.6) is 0 Å². The molecule has 27 heavy (non-hydrogen) atoms. The van der Waals surface area contributed by atoms with Crippen LogP contribution in [0.2, 0.25) is 0 Å². The number of aromatic nitrogens is 2. The third kappa shape index (κ3) is 5.32. The molecule has 2 unspecified atom stereocenters. The Hall–Kier alpha value is -2.34. The molecule has 2 heterocycles. The van der Waals surface area contributed by atoms with Gasteiger partial charge in [-0.15, -0.1) is 0 Å². The predicted molar refractivity (Wildman–Crippen MR) is 105 cm³/mol. The lowest BCUT2D eigenvalue weighted by Gasteiger charge is -2.45. The van der Waals surface area contributed by atoms with E-state index < -0.39 is 5.60 Å². The molecule has 1 aliphatic heterocycles. The van der Waals surface area contributed by atoms with E-state index in [0.29, 0.717) is 6.54 Å². The van der Waals surface area contributed by atoms with Gasteiger partial charge >= 0.3 is 6.09 Å². The molecule has 3 rings (SSSR count). The van der Waals surface area contributed by atoms with Gasteiger partial charge in [-0.25, -0.2) is 4.79 Å². The topological polar surface area (TPSA) is 50.6 Å². The van der Waals surface area contributed by atoms with Crippen molar-refractivity contribution in [3.63, 3.8) is 0 Å². The first-order valence-electron chi connectivity index (χ1n) is 9.57.